The molecule has 23 heavy (non-hydrogen) atoms. The average Bonchev–Trinajstić information content (AvgIpc) is 2.87. The smallest absolute Gasteiger partial charge is 0.435 e. The summed E-state index contributed by atoms with van der Waals surface area (Å²) in [6.07, 6.45) is -1.96. The van der Waals surface area contributed by atoms with Gasteiger partial charge in [-0.2, -0.15) is 13.2 Å². The van der Waals surface area contributed by atoms with Crippen LogP contribution in [-0.2, 0) is 15.7 Å². The summed E-state index contributed by atoms with van der Waals surface area (Å²) in [5.41, 5.74) is -1.37. The lowest BCUT2D eigenvalue weighted by atomic mass is 9.69. The zero-order chi connectivity index (χ0) is 16.7. The summed E-state index contributed by atoms with van der Waals surface area (Å²) in [7, 11) is 0. The minimum atomic E-state index is -4.50. The maximum Gasteiger partial charge on any atom is 0.435 e. The third-order valence-electron chi connectivity index (χ3n) is 4.39. The Morgan fingerprint density at radius 3 is 2.70 bits per heavy atom. The molecule has 1 aliphatic heterocycles. The van der Waals surface area contributed by atoms with Crippen LogP contribution < -0.4 is 5.32 Å². The highest BCUT2D eigenvalue weighted by Gasteiger charge is 2.52. The summed E-state index contributed by atoms with van der Waals surface area (Å²) in [5, 5.41) is 18.4. The van der Waals surface area contributed by atoms with Gasteiger partial charge in [-0.3, -0.25) is 4.79 Å². The van der Waals surface area contributed by atoms with Crippen molar-refractivity contribution in [2.45, 2.75) is 43.6 Å². The van der Waals surface area contributed by atoms with Crippen molar-refractivity contribution < 1.29 is 27.8 Å². The number of ether oxygens (including phenoxy) is 1. The summed E-state index contributed by atoms with van der Waals surface area (Å²) < 4.78 is 43.1. The molecule has 0 aromatic carbocycles. The number of nitrogens with one attached hydrogen (secondary N) is 1. The topological polar surface area (TPSA) is 84.3 Å². The minimum Gasteiger partial charge on any atom is -0.481 e. The molecule has 0 amide bonds. The number of hydrogen-bond acceptors (Lipinski definition) is 5. The molecule has 1 atom stereocenters. The van der Waals surface area contributed by atoms with E-state index in [9.17, 15) is 18.0 Å². The van der Waals surface area contributed by atoms with Gasteiger partial charge in [-0.05, 0) is 37.8 Å². The predicted molar refractivity (Wildman–Crippen MR) is 72.7 cm³/mol. The lowest BCUT2D eigenvalue weighted by molar-refractivity contribution is -0.164. The Morgan fingerprint density at radius 1 is 1.39 bits per heavy atom. The Morgan fingerprint density at radius 2 is 2.13 bits per heavy atom. The van der Waals surface area contributed by atoms with Gasteiger partial charge in [0, 0.05) is 6.54 Å². The van der Waals surface area contributed by atoms with E-state index in [1.807, 2.05) is 0 Å². The maximum absolute atomic E-state index is 12.4. The molecule has 2 heterocycles. The van der Waals surface area contributed by atoms with Crippen LogP contribution in [0.25, 0.3) is 0 Å². The number of hydrogen-bond donors (Lipinski definition) is 2. The molecule has 9 heteroatoms. The molecule has 0 radical (unpaired) electrons. The van der Waals surface area contributed by atoms with Crippen LogP contribution in [0.2, 0.25) is 0 Å². The van der Waals surface area contributed by atoms with Crippen molar-refractivity contribution in [2.24, 2.45) is 5.92 Å². The highest BCUT2D eigenvalue weighted by Crippen LogP contribution is 2.49. The van der Waals surface area contributed by atoms with Gasteiger partial charge in [0.2, 0.25) is 0 Å². The molecule has 1 aromatic rings. The third kappa shape index (κ3) is 3.39. The van der Waals surface area contributed by atoms with E-state index in [1.165, 1.54) is 6.07 Å². The van der Waals surface area contributed by atoms with Crippen molar-refractivity contribution in [3.63, 3.8) is 0 Å². The first kappa shape index (κ1) is 16.0. The van der Waals surface area contributed by atoms with E-state index in [-0.39, 0.29) is 23.4 Å². The van der Waals surface area contributed by atoms with Gasteiger partial charge < -0.3 is 15.2 Å². The Balaban J connectivity index is 1.48. The van der Waals surface area contributed by atoms with Crippen molar-refractivity contribution in [3.05, 3.63) is 17.8 Å². The van der Waals surface area contributed by atoms with Gasteiger partial charge in [0.05, 0.1) is 17.6 Å². The Labute approximate surface area is 130 Å². The summed E-state index contributed by atoms with van der Waals surface area (Å²) in [5.74, 6) is -0.872. The fourth-order valence-electron chi connectivity index (χ4n) is 3.15. The lowest BCUT2D eigenvalue weighted by Crippen LogP contribution is -2.47. The molecule has 3 rings (SSSR count). The van der Waals surface area contributed by atoms with Gasteiger partial charge >= 0.3 is 12.1 Å². The maximum atomic E-state index is 12.4. The Kier molecular flexibility index (Phi) is 3.91. The highest BCUT2D eigenvalue weighted by atomic mass is 19.4. The molecular weight excluding hydrogens is 315 g/mol. The number of rotatable bonds is 4. The number of aliphatic carboxylic acids is 1. The van der Waals surface area contributed by atoms with E-state index in [1.54, 1.807) is 0 Å². The summed E-state index contributed by atoms with van der Waals surface area (Å²) in [6, 6.07) is 2.10. The molecule has 1 saturated heterocycles. The van der Waals surface area contributed by atoms with Gasteiger partial charge in [0.25, 0.3) is 0 Å². The third-order valence-corrected chi connectivity index (χ3v) is 4.39. The summed E-state index contributed by atoms with van der Waals surface area (Å²) in [6.45, 7) is 0.402. The van der Waals surface area contributed by atoms with Crippen LogP contribution in [0.4, 0.5) is 19.0 Å². The number of carboxylic acid groups (broad SMARTS) is 1. The molecule has 1 unspecified atom stereocenters. The molecular formula is C14H16F3N3O3. The Bertz CT molecular complexity index is 585. The first-order valence-electron chi connectivity index (χ1n) is 7.33. The van der Waals surface area contributed by atoms with Crippen molar-refractivity contribution in [2.75, 3.05) is 11.9 Å². The van der Waals surface area contributed by atoms with Crippen molar-refractivity contribution in [1.29, 1.82) is 0 Å². The first-order valence-corrected chi connectivity index (χ1v) is 7.33. The second-order valence-electron chi connectivity index (χ2n) is 6.09. The van der Waals surface area contributed by atoms with Crippen LogP contribution in [0.3, 0.4) is 0 Å². The number of alkyl halides is 3. The summed E-state index contributed by atoms with van der Waals surface area (Å²) in [4.78, 5) is 10.8. The molecule has 1 spiro atoms. The van der Waals surface area contributed by atoms with E-state index in [2.05, 4.69) is 15.5 Å². The van der Waals surface area contributed by atoms with Crippen molar-refractivity contribution >= 4 is 11.8 Å². The minimum absolute atomic E-state index is 0.103. The normalized spacial score (nSPS) is 30.2. The summed E-state index contributed by atoms with van der Waals surface area (Å²) >= 11 is 0. The predicted octanol–water partition coefficient (Wildman–Crippen LogP) is 2.32. The lowest BCUT2D eigenvalue weighted by Gasteiger charge is -2.42. The average molecular weight is 331 g/mol. The second-order valence-corrected chi connectivity index (χ2v) is 6.09. The molecule has 2 N–H and O–H groups in total. The van der Waals surface area contributed by atoms with E-state index < -0.39 is 17.8 Å². The van der Waals surface area contributed by atoms with E-state index in [0.29, 0.717) is 19.4 Å². The zero-order valence-corrected chi connectivity index (χ0v) is 12.1. The molecule has 2 fully saturated rings. The fourth-order valence-corrected chi connectivity index (χ4v) is 3.15. The Hall–Kier alpha value is -1.90. The molecule has 1 saturated carbocycles. The highest BCUT2D eigenvalue weighted by molar-refractivity contribution is 5.71. The second kappa shape index (κ2) is 5.63. The SMILES string of the molecule is O=C(O)C1CC2(CCC(CNc3ccc(C(F)(F)F)nn3)O2)C1. The van der Waals surface area contributed by atoms with Crippen LogP contribution in [-0.4, -0.2) is 39.5 Å². The number of halogens is 3. The van der Waals surface area contributed by atoms with Crippen LogP contribution in [0.15, 0.2) is 12.1 Å². The van der Waals surface area contributed by atoms with E-state index in [0.717, 1.165) is 18.9 Å². The van der Waals surface area contributed by atoms with Crippen LogP contribution >= 0.6 is 0 Å². The quantitative estimate of drug-likeness (QED) is 0.881. The largest absolute Gasteiger partial charge is 0.481 e. The number of anilines is 1. The van der Waals surface area contributed by atoms with Gasteiger partial charge in [-0.1, -0.05) is 0 Å². The number of aromatic nitrogens is 2. The number of carboxylic acids is 1. The fraction of sp³-hybridized carbons (Fsp3) is 0.643. The van der Waals surface area contributed by atoms with Gasteiger partial charge in [-0.15, -0.1) is 10.2 Å². The zero-order valence-electron chi connectivity index (χ0n) is 12.1. The van der Waals surface area contributed by atoms with Gasteiger partial charge in [-0.25, -0.2) is 0 Å². The van der Waals surface area contributed by atoms with E-state index >= 15 is 0 Å². The van der Waals surface area contributed by atoms with Gasteiger partial charge in [0.15, 0.2) is 5.69 Å². The van der Waals surface area contributed by atoms with Crippen molar-refractivity contribution in [3.8, 4) is 0 Å². The molecule has 0 bridgehead atoms. The van der Waals surface area contributed by atoms with Gasteiger partial charge in [0.1, 0.15) is 5.82 Å². The van der Waals surface area contributed by atoms with E-state index in [4.69, 9.17) is 9.84 Å². The molecule has 6 nitrogen and oxygen atoms in total. The molecule has 126 valence electrons. The number of nitrogens with zero attached hydrogens (tertiary/aromatic N) is 2. The van der Waals surface area contributed by atoms with Crippen LogP contribution in [0.5, 0.6) is 0 Å². The van der Waals surface area contributed by atoms with Crippen LogP contribution in [0, 0.1) is 5.92 Å². The molecule has 1 aromatic heterocycles. The number of carbonyl (C=O) groups is 1. The molecule has 2 aliphatic rings. The first-order chi connectivity index (χ1) is 10.8. The monoisotopic (exact) mass is 331 g/mol. The van der Waals surface area contributed by atoms with Crippen molar-refractivity contribution in [1.82, 2.24) is 10.2 Å². The molecule has 1 aliphatic carbocycles. The van der Waals surface area contributed by atoms with Crippen LogP contribution in [0.1, 0.15) is 31.4 Å². The standard InChI is InChI=1S/C14H16F3N3O3/c15-14(16,17)10-1-2-11(20-19-10)18-7-9-3-4-13(23-9)5-8(6-13)12(21)22/h1-2,8-9H,3-7H2,(H,18,20)(H,21,22).